The highest BCUT2D eigenvalue weighted by Gasteiger charge is 2.24. The molecule has 4 heteroatoms. The van der Waals surface area contributed by atoms with Crippen molar-refractivity contribution in [3.8, 4) is 0 Å². The number of piperidine rings is 1. The number of carbonyl (C=O) groups excluding carboxylic acids is 2. The van der Waals surface area contributed by atoms with Crippen molar-refractivity contribution >= 4 is 11.8 Å². The van der Waals surface area contributed by atoms with E-state index in [0.29, 0.717) is 19.5 Å². The lowest BCUT2D eigenvalue weighted by atomic mass is 10.0. The summed E-state index contributed by atoms with van der Waals surface area (Å²) in [7, 11) is 0. The Morgan fingerprint density at radius 3 is 2.29 bits per heavy atom. The van der Waals surface area contributed by atoms with Crippen LogP contribution in [0.2, 0.25) is 0 Å². The van der Waals surface area contributed by atoms with E-state index >= 15 is 0 Å². The number of benzene rings is 2. The summed E-state index contributed by atoms with van der Waals surface area (Å²) in [5.41, 5.74) is 5.51. The Bertz CT molecular complexity index is 834. The highest BCUT2D eigenvalue weighted by atomic mass is 16.2. The first-order valence-corrected chi connectivity index (χ1v) is 10.1. The second-order valence-corrected chi connectivity index (χ2v) is 7.92. The second kappa shape index (κ2) is 9.05. The van der Waals surface area contributed by atoms with Gasteiger partial charge in [-0.15, -0.1) is 0 Å². The predicted octanol–water partition coefficient (Wildman–Crippen LogP) is 3.97. The summed E-state index contributed by atoms with van der Waals surface area (Å²) in [5, 5.41) is 3.14. The Labute approximate surface area is 167 Å². The van der Waals surface area contributed by atoms with Crippen LogP contribution in [0.4, 0.5) is 0 Å². The van der Waals surface area contributed by atoms with E-state index in [0.717, 1.165) is 30.4 Å². The zero-order valence-corrected chi connectivity index (χ0v) is 17.1. The molecule has 0 unspecified atom stereocenters. The normalized spacial score (nSPS) is 14.8. The number of rotatable bonds is 5. The summed E-state index contributed by atoms with van der Waals surface area (Å²) in [4.78, 5) is 26.9. The smallest absolute Gasteiger partial charge is 0.253 e. The molecule has 0 atom stereocenters. The van der Waals surface area contributed by atoms with Crippen molar-refractivity contribution < 1.29 is 9.59 Å². The maximum atomic E-state index is 12.7. The van der Waals surface area contributed by atoms with Crippen molar-refractivity contribution in [1.29, 1.82) is 0 Å². The van der Waals surface area contributed by atoms with Gasteiger partial charge in [-0.2, -0.15) is 0 Å². The molecular formula is C24H30N2O2. The van der Waals surface area contributed by atoms with Gasteiger partial charge in [0.05, 0.1) is 0 Å². The maximum Gasteiger partial charge on any atom is 0.253 e. The number of nitrogens with zero attached hydrogens (tertiary/aromatic N) is 1. The van der Waals surface area contributed by atoms with Gasteiger partial charge in [-0.1, -0.05) is 35.9 Å². The Kier molecular flexibility index (Phi) is 6.50. The van der Waals surface area contributed by atoms with Gasteiger partial charge in [0, 0.05) is 31.1 Å². The first kappa shape index (κ1) is 20.1. The van der Waals surface area contributed by atoms with Crippen LogP contribution in [0.25, 0.3) is 0 Å². The van der Waals surface area contributed by atoms with Crippen molar-refractivity contribution in [3.63, 3.8) is 0 Å². The third-order valence-electron chi connectivity index (χ3n) is 5.66. The van der Waals surface area contributed by atoms with E-state index in [1.54, 1.807) is 0 Å². The van der Waals surface area contributed by atoms with Crippen LogP contribution >= 0.6 is 0 Å². The SMILES string of the molecule is Cc1ccc(CCC(=O)NC2CCN(C(=O)c3ccc(C)c(C)c3)CC2)cc1. The second-order valence-electron chi connectivity index (χ2n) is 7.92. The number of amides is 2. The molecule has 2 aromatic rings. The molecule has 1 aliphatic heterocycles. The standard InChI is InChI=1S/C24H30N2O2/c1-17-4-7-20(8-5-17)9-11-23(27)25-22-12-14-26(15-13-22)24(28)21-10-6-18(2)19(3)16-21/h4-8,10,16,22H,9,11-15H2,1-3H3,(H,25,27). The fraction of sp³-hybridized carbons (Fsp3) is 0.417. The number of likely N-dealkylation sites (tertiary alicyclic amines) is 1. The third kappa shape index (κ3) is 5.22. The molecule has 1 fully saturated rings. The van der Waals surface area contributed by atoms with Gasteiger partial charge < -0.3 is 10.2 Å². The highest BCUT2D eigenvalue weighted by Crippen LogP contribution is 2.17. The summed E-state index contributed by atoms with van der Waals surface area (Å²) in [6, 6.07) is 14.4. The molecule has 0 radical (unpaired) electrons. The quantitative estimate of drug-likeness (QED) is 0.856. The Morgan fingerprint density at radius 2 is 1.64 bits per heavy atom. The molecule has 0 aromatic heterocycles. The molecule has 1 saturated heterocycles. The van der Waals surface area contributed by atoms with Crippen molar-refractivity contribution in [2.24, 2.45) is 0 Å². The number of hydrogen-bond donors (Lipinski definition) is 1. The van der Waals surface area contributed by atoms with Gasteiger partial charge in [0.2, 0.25) is 5.91 Å². The molecule has 0 saturated carbocycles. The van der Waals surface area contributed by atoms with Crippen LogP contribution in [0.1, 0.15) is 51.9 Å². The van der Waals surface area contributed by atoms with Gasteiger partial charge in [-0.05, 0) is 68.9 Å². The van der Waals surface area contributed by atoms with E-state index in [-0.39, 0.29) is 17.9 Å². The lowest BCUT2D eigenvalue weighted by Crippen LogP contribution is -2.46. The number of aryl methyl sites for hydroxylation is 4. The number of hydrogen-bond acceptors (Lipinski definition) is 2. The first-order valence-electron chi connectivity index (χ1n) is 10.1. The van der Waals surface area contributed by atoms with E-state index in [4.69, 9.17) is 0 Å². The van der Waals surface area contributed by atoms with Crippen LogP contribution in [0.15, 0.2) is 42.5 Å². The summed E-state index contributed by atoms with van der Waals surface area (Å²) in [5.74, 6) is 0.187. The molecule has 0 aliphatic carbocycles. The van der Waals surface area contributed by atoms with Crippen LogP contribution in [0.5, 0.6) is 0 Å². The lowest BCUT2D eigenvalue weighted by molar-refractivity contribution is -0.122. The van der Waals surface area contributed by atoms with Crippen LogP contribution in [0, 0.1) is 20.8 Å². The minimum absolute atomic E-state index is 0.0900. The van der Waals surface area contributed by atoms with Crippen LogP contribution in [-0.4, -0.2) is 35.8 Å². The predicted molar refractivity (Wildman–Crippen MR) is 112 cm³/mol. The third-order valence-corrected chi connectivity index (χ3v) is 5.66. The molecule has 2 aromatic carbocycles. The number of nitrogens with one attached hydrogen (secondary N) is 1. The van der Waals surface area contributed by atoms with Crippen molar-refractivity contribution in [1.82, 2.24) is 10.2 Å². The van der Waals surface area contributed by atoms with Crippen molar-refractivity contribution in [3.05, 3.63) is 70.3 Å². The molecule has 1 N–H and O–H groups in total. The molecular weight excluding hydrogens is 348 g/mol. The molecule has 0 spiro atoms. The van der Waals surface area contributed by atoms with E-state index < -0.39 is 0 Å². The van der Waals surface area contributed by atoms with Gasteiger partial charge in [0.1, 0.15) is 0 Å². The van der Waals surface area contributed by atoms with Crippen molar-refractivity contribution in [2.75, 3.05) is 13.1 Å². The van der Waals surface area contributed by atoms with E-state index in [1.165, 1.54) is 16.7 Å². The average molecular weight is 379 g/mol. The largest absolute Gasteiger partial charge is 0.353 e. The summed E-state index contributed by atoms with van der Waals surface area (Å²) in [6.07, 6.45) is 2.89. The van der Waals surface area contributed by atoms with Crippen LogP contribution < -0.4 is 5.32 Å². The Morgan fingerprint density at radius 1 is 0.964 bits per heavy atom. The minimum Gasteiger partial charge on any atom is -0.353 e. The maximum absolute atomic E-state index is 12.7. The first-order chi connectivity index (χ1) is 13.4. The van der Waals surface area contributed by atoms with Gasteiger partial charge >= 0.3 is 0 Å². The molecule has 2 amide bonds. The Balaban J connectivity index is 1.44. The average Bonchev–Trinajstić information content (AvgIpc) is 2.70. The zero-order chi connectivity index (χ0) is 20.1. The van der Waals surface area contributed by atoms with E-state index in [1.807, 2.05) is 30.0 Å². The fourth-order valence-corrected chi connectivity index (χ4v) is 3.60. The summed E-state index contributed by atoms with van der Waals surface area (Å²) in [6.45, 7) is 7.53. The zero-order valence-electron chi connectivity index (χ0n) is 17.1. The topological polar surface area (TPSA) is 49.4 Å². The molecule has 4 nitrogen and oxygen atoms in total. The molecule has 148 valence electrons. The molecule has 1 aliphatic rings. The van der Waals surface area contributed by atoms with Crippen molar-refractivity contribution in [2.45, 2.75) is 52.5 Å². The molecule has 1 heterocycles. The van der Waals surface area contributed by atoms with Gasteiger partial charge in [-0.3, -0.25) is 9.59 Å². The Hall–Kier alpha value is -2.62. The minimum atomic E-state index is 0.0900. The molecule has 0 bridgehead atoms. The molecule has 28 heavy (non-hydrogen) atoms. The summed E-state index contributed by atoms with van der Waals surface area (Å²) >= 11 is 0. The lowest BCUT2D eigenvalue weighted by Gasteiger charge is -2.32. The van der Waals surface area contributed by atoms with E-state index in [9.17, 15) is 9.59 Å². The van der Waals surface area contributed by atoms with E-state index in [2.05, 4.69) is 43.4 Å². The van der Waals surface area contributed by atoms with Crippen LogP contribution in [-0.2, 0) is 11.2 Å². The molecule has 3 rings (SSSR count). The summed E-state index contributed by atoms with van der Waals surface area (Å²) < 4.78 is 0. The fourth-order valence-electron chi connectivity index (χ4n) is 3.60. The number of carbonyl (C=O) groups is 2. The van der Waals surface area contributed by atoms with Gasteiger partial charge in [0.25, 0.3) is 5.91 Å². The highest BCUT2D eigenvalue weighted by molar-refractivity contribution is 5.94. The van der Waals surface area contributed by atoms with Gasteiger partial charge in [-0.25, -0.2) is 0 Å². The van der Waals surface area contributed by atoms with Gasteiger partial charge in [0.15, 0.2) is 0 Å². The van der Waals surface area contributed by atoms with Crippen LogP contribution in [0.3, 0.4) is 0 Å². The monoisotopic (exact) mass is 378 g/mol.